The summed E-state index contributed by atoms with van der Waals surface area (Å²) in [7, 11) is 0. The van der Waals surface area contributed by atoms with Crippen LogP contribution in [0.15, 0.2) is 42.1 Å². The molecule has 32 heavy (non-hydrogen) atoms. The summed E-state index contributed by atoms with van der Waals surface area (Å²) in [6.07, 6.45) is 0. The van der Waals surface area contributed by atoms with Gasteiger partial charge >= 0.3 is 0 Å². The first-order valence-electron chi connectivity index (χ1n) is 11.5. The first-order valence-corrected chi connectivity index (χ1v) is 11.5. The Morgan fingerprint density at radius 1 is 0.781 bits per heavy atom. The molecule has 1 saturated heterocycles. The molecule has 1 fully saturated rings. The van der Waals surface area contributed by atoms with Crippen molar-refractivity contribution in [1.29, 1.82) is 0 Å². The summed E-state index contributed by atoms with van der Waals surface area (Å²) < 4.78 is 0. The van der Waals surface area contributed by atoms with Gasteiger partial charge in [0.2, 0.25) is 0 Å². The molecule has 0 N–H and O–H groups in total. The van der Waals surface area contributed by atoms with Gasteiger partial charge < -0.3 is 9.80 Å². The molecule has 2 aromatic rings. The SMILES string of the molecule is Cc1ccc(C2=C(N3CCN(c4cccc(C)c4C)CC3)C(=O)N(C(C)C)C2=O)c(C)c1. The Morgan fingerprint density at radius 3 is 2.06 bits per heavy atom. The van der Waals surface area contributed by atoms with Crippen molar-refractivity contribution in [1.82, 2.24) is 9.80 Å². The van der Waals surface area contributed by atoms with Crippen molar-refractivity contribution in [3.8, 4) is 0 Å². The van der Waals surface area contributed by atoms with Crippen molar-refractivity contribution in [3.05, 3.63) is 69.9 Å². The van der Waals surface area contributed by atoms with Crippen LogP contribution < -0.4 is 4.90 Å². The first kappa shape index (κ1) is 22.1. The van der Waals surface area contributed by atoms with Crippen LogP contribution in [0, 0.1) is 27.7 Å². The maximum absolute atomic E-state index is 13.5. The molecule has 0 aliphatic carbocycles. The van der Waals surface area contributed by atoms with E-state index in [1.807, 2.05) is 39.8 Å². The van der Waals surface area contributed by atoms with Gasteiger partial charge in [-0.1, -0.05) is 35.9 Å². The lowest BCUT2D eigenvalue weighted by atomic mass is 9.97. The standard InChI is InChI=1S/C27H33N3O2/c1-17(2)30-26(31)24(22-11-10-18(3)16-20(22)5)25(27(30)32)29-14-12-28(13-15-29)23-9-7-8-19(4)21(23)6/h7-11,16-17H,12-15H2,1-6H3. The van der Waals surface area contributed by atoms with Gasteiger partial charge in [-0.2, -0.15) is 0 Å². The molecule has 4 rings (SSSR count). The second kappa shape index (κ2) is 8.45. The number of benzene rings is 2. The third-order valence-electron chi connectivity index (χ3n) is 6.77. The van der Waals surface area contributed by atoms with Crippen LogP contribution in [-0.4, -0.2) is 53.8 Å². The molecule has 2 amide bonds. The van der Waals surface area contributed by atoms with Crippen LogP contribution in [0.1, 0.15) is 41.7 Å². The molecule has 2 heterocycles. The molecule has 0 bridgehead atoms. The van der Waals surface area contributed by atoms with Gasteiger partial charge in [0.15, 0.2) is 0 Å². The Morgan fingerprint density at radius 2 is 1.44 bits per heavy atom. The summed E-state index contributed by atoms with van der Waals surface area (Å²) in [6, 6.07) is 12.3. The molecular weight excluding hydrogens is 398 g/mol. The highest BCUT2D eigenvalue weighted by atomic mass is 16.2. The van der Waals surface area contributed by atoms with E-state index in [4.69, 9.17) is 0 Å². The van der Waals surface area contributed by atoms with E-state index in [0.29, 0.717) is 24.4 Å². The molecule has 5 heteroatoms. The van der Waals surface area contributed by atoms with E-state index in [1.165, 1.54) is 21.7 Å². The number of carbonyl (C=O) groups is 2. The van der Waals surface area contributed by atoms with Crippen LogP contribution in [0.4, 0.5) is 5.69 Å². The summed E-state index contributed by atoms with van der Waals surface area (Å²) in [4.78, 5) is 32.8. The zero-order chi connectivity index (χ0) is 23.2. The fourth-order valence-corrected chi connectivity index (χ4v) is 4.88. The number of piperazine rings is 1. The zero-order valence-corrected chi connectivity index (χ0v) is 20.0. The lowest BCUT2D eigenvalue weighted by Gasteiger charge is -2.38. The largest absolute Gasteiger partial charge is 0.368 e. The van der Waals surface area contributed by atoms with Crippen molar-refractivity contribution in [2.75, 3.05) is 31.1 Å². The van der Waals surface area contributed by atoms with E-state index >= 15 is 0 Å². The molecule has 2 aromatic carbocycles. The predicted octanol–water partition coefficient (Wildman–Crippen LogP) is 4.23. The summed E-state index contributed by atoms with van der Waals surface area (Å²) >= 11 is 0. The van der Waals surface area contributed by atoms with Crippen LogP contribution in [0.5, 0.6) is 0 Å². The van der Waals surface area contributed by atoms with Crippen LogP contribution in [-0.2, 0) is 9.59 Å². The molecule has 0 unspecified atom stereocenters. The third kappa shape index (κ3) is 3.70. The van der Waals surface area contributed by atoms with Gasteiger partial charge in [-0.25, -0.2) is 0 Å². The molecule has 0 atom stereocenters. The van der Waals surface area contributed by atoms with Gasteiger partial charge in [0, 0.05) is 37.9 Å². The highest BCUT2D eigenvalue weighted by Crippen LogP contribution is 2.35. The van der Waals surface area contributed by atoms with E-state index in [-0.39, 0.29) is 17.9 Å². The van der Waals surface area contributed by atoms with Gasteiger partial charge in [-0.15, -0.1) is 0 Å². The van der Waals surface area contributed by atoms with Gasteiger partial charge in [0.05, 0.1) is 5.57 Å². The first-order chi connectivity index (χ1) is 15.2. The van der Waals surface area contributed by atoms with Gasteiger partial charge in [0.25, 0.3) is 11.8 Å². The second-order valence-electron chi connectivity index (χ2n) is 9.31. The molecule has 2 aliphatic heterocycles. The van der Waals surface area contributed by atoms with Crippen LogP contribution in [0.2, 0.25) is 0 Å². The van der Waals surface area contributed by atoms with Crippen molar-refractivity contribution in [2.24, 2.45) is 0 Å². The molecule has 0 spiro atoms. The predicted molar refractivity (Wildman–Crippen MR) is 130 cm³/mol. The number of hydrogen-bond donors (Lipinski definition) is 0. The van der Waals surface area contributed by atoms with Crippen molar-refractivity contribution < 1.29 is 9.59 Å². The number of anilines is 1. The van der Waals surface area contributed by atoms with Gasteiger partial charge in [-0.3, -0.25) is 14.5 Å². The van der Waals surface area contributed by atoms with Crippen molar-refractivity contribution in [3.63, 3.8) is 0 Å². The quantitative estimate of drug-likeness (QED) is 0.680. The number of hydrogen-bond acceptors (Lipinski definition) is 4. The Hall–Kier alpha value is -3.08. The normalized spacial score (nSPS) is 17.3. The topological polar surface area (TPSA) is 43.9 Å². The average molecular weight is 432 g/mol. The summed E-state index contributed by atoms with van der Waals surface area (Å²) in [5, 5.41) is 0. The third-order valence-corrected chi connectivity index (χ3v) is 6.77. The van der Waals surface area contributed by atoms with E-state index in [0.717, 1.165) is 29.8 Å². The lowest BCUT2D eigenvalue weighted by Crippen LogP contribution is -2.48. The number of aryl methyl sites for hydroxylation is 3. The molecule has 2 aliphatic rings. The van der Waals surface area contributed by atoms with Crippen LogP contribution in [0.3, 0.4) is 0 Å². The van der Waals surface area contributed by atoms with E-state index in [9.17, 15) is 9.59 Å². The highest BCUT2D eigenvalue weighted by Gasteiger charge is 2.43. The highest BCUT2D eigenvalue weighted by molar-refractivity contribution is 6.35. The molecule has 0 aromatic heterocycles. The van der Waals surface area contributed by atoms with Crippen molar-refractivity contribution in [2.45, 2.75) is 47.6 Å². The molecule has 0 radical (unpaired) electrons. The minimum absolute atomic E-state index is 0.167. The molecule has 5 nitrogen and oxygen atoms in total. The second-order valence-corrected chi connectivity index (χ2v) is 9.31. The fraction of sp³-hybridized carbons (Fsp3) is 0.407. The Kier molecular flexibility index (Phi) is 5.85. The summed E-state index contributed by atoms with van der Waals surface area (Å²) in [6.45, 7) is 15.2. The van der Waals surface area contributed by atoms with Crippen LogP contribution >= 0.6 is 0 Å². The molecule has 168 valence electrons. The van der Waals surface area contributed by atoms with Gasteiger partial charge in [-0.05, 0) is 69.9 Å². The van der Waals surface area contributed by atoms with Crippen molar-refractivity contribution >= 4 is 23.1 Å². The summed E-state index contributed by atoms with van der Waals surface area (Å²) in [5.41, 5.74) is 8.00. The monoisotopic (exact) mass is 431 g/mol. The number of amides is 2. The van der Waals surface area contributed by atoms with E-state index in [1.54, 1.807) is 0 Å². The molecular formula is C27H33N3O2. The number of rotatable bonds is 4. The maximum Gasteiger partial charge on any atom is 0.278 e. The van der Waals surface area contributed by atoms with Crippen LogP contribution in [0.25, 0.3) is 5.57 Å². The number of nitrogens with zero attached hydrogens (tertiary/aromatic N) is 3. The lowest BCUT2D eigenvalue weighted by molar-refractivity contribution is -0.139. The van der Waals surface area contributed by atoms with E-state index in [2.05, 4.69) is 47.9 Å². The Bertz CT molecular complexity index is 1110. The number of imide groups is 1. The average Bonchev–Trinajstić information content (AvgIpc) is 3.00. The maximum atomic E-state index is 13.5. The summed E-state index contributed by atoms with van der Waals surface area (Å²) in [5.74, 6) is -0.343. The van der Waals surface area contributed by atoms with E-state index < -0.39 is 0 Å². The zero-order valence-electron chi connectivity index (χ0n) is 20.0. The Labute approximate surface area is 191 Å². The molecule has 0 saturated carbocycles. The smallest absolute Gasteiger partial charge is 0.278 e. The minimum atomic E-state index is -0.177. The Balaban J connectivity index is 1.69. The number of carbonyl (C=O) groups excluding carboxylic acids is 2. The minimum Gasteiger partial charge on any atom is -0.368 e. The van der Waals surface area contributed by atoms with Gasteiger partial charge in [0.1, 0.15) is 5.70 Å². The fourth-order valence-electron chi connectivity index (χ4n) is 4.88.